The first-order chi connectivity index (χ1) is 13.7. The van der Waals surface area contributed by atoms with E-state index >= 15 is 0 Å². The molecule has 6 heteroatoms. The SMILES string of the molecule is O=C(Nc1cnccc1Oc1ccccc1)c1cccc(N2CCCC2=O)c1. The third-order valence-corrected chi connectivity index (χ3v) is 4.49. The molecule has 3 aromatic rings. The number of nitrogens with zero attached hydrogens (tertiary/aromatic N) is 2. The van der Waals surface area contributed by atoms with Crippen LogP contribution in [0.15, 0.2) is 73.1 Å². The molecule has 0 spiro atoms. The molecule has 140 valence electrons. The van der Waals surface area contributed by atoms with Crippen molar-refractivity contribution in [2.45, 2.75) is 12.8 Å². The first kappa shape index (κ1) is 17.7. The number of aromatic nitrogens is 1. The van der Waals surface area contributed by atoms with Crippen LogP contribution in [-0.4, -0.2) is 23.3 Å². The van der Waals surface area contributed by atoms with Gasteiger partial charge in [0.2, 0.25) is 5.91 Å². The van der Waals surface area contributed by atoms with Crippen LogP contribution in [0.4, 0.5) is 11.4 Å². The number of rotatable bonds is 5. The number of benzene rings is 2. The number of anilines is 2. The average Bonchev–Trinajstić information content (AvgIpc) is 3.16. The van der Waals surface area contributed by atoms with Gasteiger partial charge in [0.1, 0.15) is 11.4 Å². The number of carbonyl (C=O) groups excluding carboxylic acids is 2. The van der Waals surface area contributed by atoms with Crippen molar-refractivity contribution in [3.8, 4) is 11.5 Å². The molecule has 2 heterocycles. The molecule has 2 aromatic carbocycles. The Balaban J connectivity index is 1.54. The van der Waals surface area contributed by atoms with Gasteiger partial charge in [-0.15, -0.1) is 0 Å². The number of pyridine rings is 1. The van der Waals surface area contributed by atoms with Crippen molar-refractivity contribution in [3.05, 3.63) is 78.6 Å². The lowest BCUT2D eigenvalue weighted by Gasteiger charge is -2.17. The van der Waals surface area contributed by atoms with Crippen molar-refractivity contribution < 1.29 is 14.3 Å². The van der Waals surface area contributed by atoms with E-state index in [4.69, 9.17) is 4.74 Å². The van der Waals surface area contributed by atoms with Crippen molar-refractivity contribution in [3.63, 3.8) is 0 Å². The number of hydrogen-bond donors (Lipinski definition) is 1. The fraction of sp³-hybridized carbons (Fsp3) is 0.136. The lowest BCUT2D eigenvalue weighted by molar-refractivity contribution is -0.117. The largest absolute Gasteiger partial charge is 0.455 e. The van der Waals surface area contributed by atoms with E-state index in [-0.39, 0.29) is 11.8 Å². The molecule has 1 aliphatic rings. The van der Waals surface area contributed by atoms with Gasteiger partial charge in [0, 0.05) is 36.5 Å². The summed E-state index contributed by atoms with van der Waals surface area (Å²) in [6.45, 7) is 0.682. The lowest BCUT2D eigenvalue weighted by Crippen LogP contribution is -2.24. The first-order valence-corrected chi connectivity index (χ1v) is 9.09. The van der Waals surface area contributed by atoms with Crippen LogP contribution in [0.2, 0.25) is 0 Å². The van der Waals surface area contributed by atoms with Gasteiger partial charge < -0.3 is 15.0 Å². The number of nitrogens with one attached hydrogen (secondary N) is 1. The topological polar surface area (TPSA) is 71.5 Å². The van der Waals surface area contributed by atoms with Gasteiger partial charge in [-0.25, -0.2) is 0 Å². The fourth-order valence-electron chi connectivity index (χ4n) is 3.11. The number of para-hydroxylation sites is 1. The Morgan fingerprint density at radius 2 is 1.93 bits per heavy atom. The Labute approximate surface area is 162 Å². The van der Waals surface area contributed by atoms with Crippen LogP contribution in [0.5, 0.6) is 11.5 Å². The maximum atomic E-state index is 12.8. The van der Waals surface area contributed by atoms with E-state index in [1.54, 1.807) is 41.6 Å². The predicted octanol–water partition coefficient (Wildman–Crippen LogP) is 4.25. The molecule has 0 unspecified atom stereocenters. The van der Waals surface area contributed by atoms with Crippen LogP contribution in [0.1, 0.15) is 23.2 Å². The molecule has 1 fully saturated rings. The molecular formula is C22H19N3O3. The number of ether oxygens (including phenoxy) is 1. The van der Waals surface area contributed by atoms with E-state index in [9.17, 15) is 9.59 Å². The van der Waals surface area contributed by atoms with Gasteiger partial charge in [-0.2, -0.15) is 0 Å². The number of amides is 2. The van der Waals surface area contributed by atoms with E-state index in [0.717, 1.165) is 12.1 Å². The Bertz CT molecular complexity index is 1000. The minimum Gasteiger partial charge on any atom is -0.455 e. The number of hydrogen-bond acceptors (Lipinski definition) is 4. The van der Waals surface area contributed by atoms with E-state index in [1.807, 2.05) is 36.4 Å². The molecule has 0 saturated carbocycles. The standard InChI is InChI=1S/C22H19N3O3/c26-21-10-5-13-25(21)17-7-4-6-16(14-17)22(27)24-19-15-23-12-11-20(19)28-18-8-2-1-3-9-18/h1-4,6-9,11-12,14-15H,5,10,13H2,(H,24,27). The third kappa shape index (κ3) is 3.86. The minimum absolute atomic E-state index is 0.0864. The molecule has 1 saturated heterocycles. The molecule has 0 bridgehead atoms. The van der Waals surface area contributed by atoms with Crippen molar-refractivity contribution in [2.75, 3.05) is 16.8 Å². The van der Waals surface area contributed by atoms with Gasteiger partial charge in [0.25, 0.3) is 5.91 Å². The van der Waals surface area contributed by atoms with Gasteiger partial charge in [-0.1, -0.05) is 24.3 Å². The Hall–Kier alpha value is -3.67. The quantitative estimate of drug-likeness (QED) is 0.726. The minimum atomic E-state index is -0.292. The molecule has 1 aliphatic heterocycles. The van der Waals surface area contributed by atoms with E-state index < -0.39 is 0 Å². The van der Waals surface area contributed by atoms with Gasteiger partial charge >= 0.3 is 0 Å². The molecule has 0 radical (unpaired) electrons. The summed E-state index contributed by atoms with van der Waals surface area (Å²) in [7, 11) is 0. The molecular weight excluding hydrogens is 354 g/mol. The highest BCUT2D eigenvalue weighted by Crippen LogP contribution is 2.29. The summed E-state index contributed by atoms with van der Waals surface area (Å²) in [5.41, 5.74) is 1.67. The van der Waals surface area contributed by atoms with Crippen LogP contribution < -0.4 is 15.0 Å². The summed E-state index contributed by atoms with van der Waals surface area (Å²) in [6.07, 6.45) is 4.54. The van der Waals surface area contributed by atoms with Crippen LogP contribution in [0, 0.1) is 0 Å². The second kappa shape index (κ2) is 7.92. The monoisotopic (exact) mass is 373 g/mol. The molecule has 4 rings (SSSR count). The third-order valence-electron chi connectivity index (χ3n) is 4.49. The van der Waals surface area contributed by atoms with Crippen molar-refractivity contribution >= 4 is 23.2 Å². The van der Waals surface area contributed by atoms with Crippen molar-refractivity contribution in [2.24, 2.45) is 0 Å². The zero-order chi connectivity index (χ0) is 19.3. The normalized spacial score (nSPS) is 13.4. The Morgan fingerprint density at radius 3 is 2.71 bits per heavy atom. The maximum Gasteiger partial charge on any atom is 0.255 e. The highest BCUT2D eigenvalue weighted by Gasteiger charge is 2.22. The zero-order valence-electron chi connectivity index (χ0n) is 15.2. The molecule has 6 nitrogen and oxygen atoms in total. The summed E-state index contributed by atoms with van der Waals surface area (Å²) in [4.78, 5) is 30.5. The molecule has 0 atom stereocenters. The first-order valence-electron chi connectivity index (χ1n) is 9.09. The molecule has 28 heavy (non-hydrogen) atoms. The molecule has 2 amide bonds. The average molecular weight is 373 g/mol. The summed E-state index contributed by atoms with van der Waals surface area (Å²) >= 11 is 0. The summed E-state index contributed by atoms with van der Waals surface area (Å²) in [5, 5.41) is 2.85. The second-order valence-electron chi connectivity index (χ2n) is 6.44. The summed E-state index contributed by atoms with van der Waals surface area (Å²) in [5.74, 6) is 0.960. The highest BCUT2D eigenvalue weighted by molar-refractivity contribution is 6.06. The Morgan fingerprint density at radius 1 is 1.07 bits per heavy atom. The van der Waals surface area contributed by atoms with Gasteiger partial charge in [0.15, 0.2) is 5.75 Å². The van der Waals surface area contributed by atoms with E-state index in [2.05, 4.69) is 10.3 Å². The highest BCUT2D eigenvalue weighted by atomic mass is 16.5. The summed E-state index contributed by atoms with van der Waals surface area (Å²) < 4.78 is 5.86. The summed E-state index contributed by atoms with van der Waals surface area (Å²) in [6, 6.07) is 18.1. The van der Waals surface area contributed by atoms with Gasteiger partial charge in [-0.05, 0) is 36.8 Å². The second-order valence-corrected chi connectivity index (χ2v) is 6.44. The van der Waals surface area contributed by atoms with Crippen molar-refractivity contribution in [1.29, 1.82) is 0 Å². The number of carbonyl (C=O) groups is 2. The van der Waals surface area contributed by atoms with Crippen molar-refractivity contribution in [1.82, 2.24) is 4.98 Å². The maximum absolute atomic E-state index is 12.8. The Kier molecular flexibility index (Phi) is 5.01. The van der Waals surface area contributed by atoms with Crippen LogP contribution >= 0.6 is 0 Å². The fourth-order valence-corrected chi connectivity index (χ4v) is 3.11. The van der Waals surface area contributed by atoms with Crippen LogP contribution in [0.3, 0.4) is 0 Å². The van der Waals surface area contributed by atoms with Crippen LogP contribution in [-0.2, 0) is 4.79 Å². The molecule has 1 aromatic heterocycles. The van der Waals surface area contributed by atoms with E-state index in [0.29, 0.717) is 35.7 Å². The lowest BCUT2D eigenvalue weighted by atomic mass is 10.1. The van der Waals surface area contributed by atoms with Gasteiger partial charge in [-0.3, -0.25) is 14.6 Å². The molecule has 0 aliphatic carbocycles. The molecule has 1 N–H and O–H groups in total. The van der Waals surface area contributed by atoms with E-state index in [1.165, 1.54) is 0 Å². The van der Waals surface area contributed by atoms with Crippen LogP contribution in [0.25, 0.3) is 0 Å². The van der Waals surface area contributed by atoms with Gasteiger partial charge in [0.05, 0.1) is 6.20 Å². The zero-order valence-corrected chi connectivity index (χ0v) is 15.2. The predicted molar refractivity (Wildman–Crippen MR) is 107 cm³/mol. The smallest absolute Gasteiger partial charge is 0.255 e.